The number of aliphatic hydroxyl groups is 1. The third-order valence-electron chi connectivity index (χ3n) is 4.72. The fraction of sp³-hybridized carbons (Fsp3) is 0.625. The van der Waals surface area contributed by atoms with Crippen LogP contribution >= 0.6 is 0 Å². The predicted octanol–water partition coefficient (Wildman–Crippen LogP) is 2.34. The largest absolute Gasteiger partial charge is 0.497 e. The van der Waals surface area contributed by atoms with Crippen LogP contribution in [0.4, 0.5) is 0 Å². The normalized spacial score (nSPS) is 27.9. The molecule has 1 N–H and O–H groups in total. The molecule has 0 bridgehead atoms. The third kappa shape index (κ3) is 2.49. The van der Waals surface area contributed by atoms with Gasteiger partial charge in [0.2, 0.25) is 0 Å². The van der Waals surface area contributed by atoms with Crippen molar-refractivity contribution in [2.75, 3.05) is 20.3 Å². The molecule has 104 valence electrons. The molecule has 1 atom stereocenters. The average molecular weight is 262 g/mol. The molecule has 1 fully saturated rings. The molecule has 1 saturated heterocycles. The van der Waals surface area contributed by atoms with Crippen LogP contribution in [0.15, 0.2) is 18.2 Å². The molecule has 2 aliphatic rings. The highest BCUT2D eigenvalue weighted by Gasteiger charge is 2.40. The van der Waals surface area contributed by atoms with Gasteiger partial charge in [-0.1, -0.05) is 6.07 Å². The number of benzene rings is 1. The van der Waals surface area contributed by atoms with Crippen LogP contribution in [0.2, 0.25) is 0 Å². The molecule has 1 aliphatic heterocycles. The Morgan fingerprint density at radius 2 is 2.05 bits per heavy atom. The van der Waals surface area contributed by atoms with E-state index in [9.17, 15) is 5.11 Å². The smallest absolute Gasteiger partial charge is 0.119 e. The van der Waals surface area contributed by atoms with Gasteiger partial charge in [-0.15, -0.1) is 0 Å². The van der Waals surface area contributed by atoms with Crippen LogP contribution in [0.25, 0.3) is 0 Å². The number of aryl methyl sites for hydroxylation is 1. The lowest BCUT2D eigenvalue weighted by atomic mass is 9.70. The summed E-state index contributed by atoms with van der Waals surface area (Å²) < 4.78 is 10.7. The van der Waals surface area contributed by atoms with E-state index in [-0.39, 0.29) is 0 Å². The molecule has 1 heterocycles. The lowest BCUT2D eigenvalue weighted by Gasteiger charge is -2.41. The molecule has 1 unspecified atom stereocenters. The summed E-state index contributed by atoms with van der Waals surface area (Å²) in [6.07, 6.45) is 4.56. The van der Waals surface area contributed by atoms with Gasteiger partial charge in [-0.2, -0.15) is 0 Å². The van der Waals surface area contributed by atoms with Gasteiger partial charge in [0, 0.05) is 19.6 Å². The van der Waals surface area contributed by atoms with Crippen molar-refractivity contribution in [2.24, 2.45) is 5.92 Å². The number of rotatable bonds is 2. The molecule has 0 spiro atoms. The molecular formula is C16H22O3. The maximum absolute atomic E-state index is 11.0. The number of ether oxygens (including phenoxy) is 2. The minimum atomic E-state index is -0.552. The molecule has 0 radical (unpaired) electrons. The highest BCUT2D eigenvalue weighted by molar-refractivity contribution is 5.38. The Morgan fingerprint density at radius 1 is 1.26 bits per heavy atom. The van der Waals surface area contributed by atoms with Gasteiger partial charge in [-0.25, -0.2) is 0 Å². The Labute approximate surface area is 114 Å². The van der Waals surface area contributed by atoms with Gasteiger partial charge < -0.3 is 14.6 Å². The van der Waals surface area contributed by atoms with Crippen LogP contribution in [0.3, 0.4) is 0 Å². The lowest BCUT2D eigenvalue weighted by molar-refractivity contribution is -0.0733. The summed E-state index contributed by atoms with van der Waals surface area (Å²) in [5.41, 5.74) is 2.06. The highest BCUT2D eigenvalue weighted by atomic mass is 16.5. The first-order chi connectivity index (χ1) is 9.21. The second-order valence-corrected chi connectivity index (χ2v) is 5.80. The van der Waals surface area contributed by atoms with Crippen molar-refractivity contribution >= 4 is 0 Å². The van der Waals surface area contributed by atoms with E-state index >= 15 is 0 Å². The zero-order valence-corrected chi connectivity index (χ0v) is 11.5. The first-order valence-corrected chi connectivity index (χ1v) is 7.17. The van der Waals surface area contributed by atoms with Crippen molar-refractivity contribution in [1.82, 2.24) is 0 Å². The second-order valence-electron chi connectivity index (χ2n) is 5.80. The van der Waals surface area contributed by atoms with Crippen LogP contribution in [0.1, 0.15) is 30.4 Å². The molecule has 19 heavy (non-hydrogen) atoms. The minimum Gasteiger partial charge on any atom is -0.497 e. The first kappa shape index (κ1) is 12.9. The SMILES string of the molecule is COc1ccc2c(c1)CC(O)(C1CCOCC1)CC2. The van der Waals surface area contributed by atoms with Crippen molar-refractivity contribution in [2.45, 2.75) is 37.7 Å². The molecule has 3 nitrogen and oxygen atoms in total. The van der Waals surface area contributed by atoms with E-state index in [1.54, 1.807) is 7.11 Å². The fourth-order valence-corrected chi connectivity index (χ4v) is 3.49. The molecule has 0 amide bonds. The van der Waals surface area contributed by atoms with E-state index in [2.05, 4.69) is 12.1 Å². The van der Waals surface area contributed by atoms with Gasteiger partial charge in [0.05, 0.1) is 12.7 Å². The van der Waals surface area contributed by atoms with Crippen LogP contribution in [-0.2, 0) is 17.6 Å². The zero-order valence-electron chi connectivity index (χ0n) is 11.5. The summed E-state index contributed by atoms with van der Waals surface area (Å²) in [5.74, 6) is 1.26. The summed E-state index contributed by atoms with van der Waals surface area (Å²) in [4.78, 5) is 0. The Morgan fingerprint density at radius 3 is 2.79 bits per heavy atom. The van der Waals surface area contributed by atoms with Gasteiger partial charge in [0.1, 0.15) is 5.75 Å². The van der Waals surface area contributed by atoms with Gasteiger partial charge in [-0.3, -0.25) is 0 Å². The van der Waals surface area contributed by atoms with Crippen LogP contribution in [0.5, 0.6) is 5.75 Å². The van der Waals surface area contributed by atoms with Crippen molar-refractivity contribution in [3.05, 3.63) is 29.3 Å². The van der Waals surface area contributed by atoms with E-state index in [0.29, 0.717) is 5.92 Å². The minimum absolute atomic E-state index is 0.376. The fourth-order valence-electron chi connectivity index (χ4n) is 3.49. The molecule has 1 aromatic carbocycles. The molecular weight excluding hydrogens is 240 g/mol. The van der Waals surface area contributed by atoms with Gasteiger partial charge >= 0.3 is 0 Å². The third-order valence-corrected chi connectivity index (χ3v) is 4.72. The second kappa shape index (κ2) is 5.14. The molecule has 3 rings (SSSR count). The summed E-state index contributed by atoms with van der Waals surface area (Å²) in [5, 5.41) is 11.0. The van der Waals surface area contributed by atoms with Gasteiger partial charge in [0.15, 0.2) is 0 Å². The molecule has 1 aliphatic carbocycles. The Hall–Kier alpha value is -1.06. The van der Waals surface area contributed by atoms with E-state index in [1.165, 1.54) is 11.1 Å². The van der Waals surface area contributed by atoms with Crippen LogP contribution in [0, 0.1) is 5.92 Å². The summed E-state index contributed by atoms with van der Waals surface area (Å²) in [7, 11) is 1.69. The van der Waals surface area contributed by atoms with E-state index in [1.807, 2.05) is 6.07 Å². The Kier molecular flexibility index (Phi) is 3.50. The zero-order chi connectivity index (χ0) is 13.3. The number of hydrogen-bond donors (Lipinski definition) is 1. The quantitative estimate of drug-likeness (QED) is 0.889. The Balaban J connectivity index is 1.83. The summed E-state index contributed by atoms with van der Waals surface area (Å²) >= 11 is 0. The summed E-state index contributed by atoms with van der Waals surface area (Å²) in [6.45, 7) is 1.58. The van der Waals surface area contributed by atoms with Crippen molar-refractivity contribution in [3.63, 3.8) is 0 Å². The van der Waals surface area contributed by atoms with Gasteiger partial charge in [-0.05, 0) is 54.9 Å². The molecule has 0 aromatic heterocycles. The Bertz CT molecular complexity index is 451. The molecule has 3 heteroatoms. The average Bonchev–Trinajstić information content (AvgIpc) is 2.47. The van der Waals surface area contributed by atoms with Crippen LogP contribution in [-0.4, -0.2) is 31.0 Å². The predicted molar refractivity (Wildman–Crippen MR) is 73.5 cm³/mol. The highest BCUT2D eigenvalue weighted by Crippen LogP contribution is 2.39. The van der Waals surface area contributed by atoms with Crippen molar-refractivity contribution < 1.29 is 14.6 Å². The standard InChI is InChI=1S/C16H22O3/c1-18-15-3-2-12-4-7-16(17,11-13(12)10-15)14-5-8-19-9-6-14/h2-3,10,14,17H,4-9,11H2,1H3. The van der Waals surface area contributed by atoms with E-state index in [0.717, 1.165) is 51.1 Å². The lowest BCUT2D eigenvalue weighted by Crippen LogP contribution is -2.45. The maximum Gasteiger partial charge on any atom is 0.119 e. The number of methoxy groups -OCH3 is 1. The van der Waals surface area contributed by atoms with Crippen LogP contribution < -0.4 is 4.74 Å². The van der Waals surface area contributed by atoms with E-state index < -0.39 is 5.60 Å². The first-order valence-electron chi connectivity index (χ1n) is 7.17. The number of hydrogen-bond acceptors (Lipinski definition) is 3. The monoisotopic (exact) mass is 262 g/mol. The topological polar surface area (TPSA) is 38.7 Å². The number of fused-ring (bicyclic) bond motifs is 1. The summed E-state index contributed by atoms with van der Waals surface area (Å²) in [6, 6.07) is 6.23. The maximum atomic E-state index is 11.0. The van der Waals surface area contributed by atoms with E-state index in [4.69, 9.17) is 9.47 Å². The molecule has 1 aromatic rings. The molecule has 0 saturated carbocycles. The van der Waals surface area contributed by atoms with Gasteiger partial charge in [0.25, 0.3) is 0 Å². The van der Waals surface area contributed by atoms with Crippen molar-refractivity contribution in [3.8, 4) is 5.75 Å². The van der Waals surface area contributed by atoms with Crippen molar-refractivity contribution in [1.29, 1.82) is 0 Å².